The predicted molar refractivity (Wildman–Crippen MR) is 85.5 cm³/mol. The number of hydrogen-bond acceptors (Lipinski definition) is 3. The summed E-state index contributed by atoms with van der Waals surface area (Å²) >= 11 is 0. The van der Waals surface area contributed by atoms with Gasteiger partial charge in [0.15, 0.2) is 0 Å². The smallest absolute Gasteiger partial charge is 0.0647 e. The molecule has 1 aromatic carbocycles. The van der Waals surface area contributed by atoms with E-state index in [1.54, 1.807) is 6.20 Å². The summed E-state index contributed by atoms with van der Waals surface area (Å²) in [5, 5.41) is 7.84. The van der Waals surface area contributed by atoms with Crippen molar-refractivity contribution in [3.63, 3.8) is 0 Å². The molecule has 1 saturated heterocycles. The lowest BCUT2D eigenvalue weighted by molar-refractivity contribution is 0.243. The molecule has 1 aliphatic heterocycles. The highest BCUT2D eigenvalue weighted by Crippen LogP contribution is 2.18. The molecule has 4 heteroatoms. The fourth-order valence-corrected chi connectivity index (χ4v) is 2.73. The first-order valence-electron chi connectivity index (χ1n) is 7.37. The third kappa shape index (κ3) is 3.45. The average molecular weight is 280 g/mol. The van der Waals surface area contributed by atoms with E-state index in [-0.39, 0.29) is 0 Å². The molecule has 0 atom stereocenters. The lowest BCUT2D eigenvalue weighted by atomic mass is 10.0. The minimum atomic E-state index is 0.537. The van der Waals surface area contributed by atoms with E-state index < -0.39 is 0 Å². The van der Waals surface area contributed by atoms with Crippen LogP contribution in [0.3, 0.4) is 0 Å². The Labute approximate surface area is 125 Å². The number of benzene rings is 1. The summed E-state index contributed by atoms with van der Waals surface area (Å²) < 4.78 is 1.86. The maximum atomic E-state index is 5.36. The minimum Gasteiger partial charge on any atom is -0.382 e. The van der Waals surface area contributed by atoms with Crippen molar-refractivity contribution >= 4 is 5.69 Å². The van der Waals surface area contributed by atoms with Crippen molar-refractivity contribution in [2.24, 2.45) is 0 Å². The second-order valence-corrected chi connectivity index (χ2v) is 5.40. The number of piperidine rings is 1. The topological polar surface area (TPSA) is 33.1 Å². The molecule has 3 rings (SSSR count). The zero-order valence-corrected chi connectivity index (χ0v) is 12.1. The molecule has 0 amide bonds. The average Bonchev–Trinajstić information content (AvgIpc) is 3.05. The summed E-state index contributed by atoms with van der Waals surface area (Å²) in [6, 6.07) is 10.9. The highest BCUT2D eigenvalue weighted by atomic mass is 15.3. The third-order valence-electron chi connectivity index (χ3n) is 3.91. The van der Waals surface area contributed by atoms with Gasteiger partial charge in [0.05, 0.1) is 12.2 Å². The van der Waals surface area contributed by atoms with E-state index in [0.29, 0.717) is 6.04 Å². The molecular formula is C17H20N4. The van der Waals surface area contributed by atoms with Crippen LogP contribution in [0.25, 0.3) is 5.69 Å². The summed E-state index contributed by atoms with van der Waals surface area (Å²) in [5.41, 5.74) is 2.25. The predicted octanol–water partition coefficient (Wildman–Crippen LogP) is 2.38. The number of terminal acetylenes is 1. The molecule has 2 heterocycles. The second kappa shape index (κ2) is 6.47. The molecule has 1 aromatic heterocycles. The second-order valence-electron chi connectivity index (χ2n) is 5.40. The zero-order valence-electron chi connectivity index (χ0n) is 12.1. The van der Waals surface area contributed by atoms with Gasteiger partial charge in [0.1, 0.15) is 0 Å². The molecule has 1 aliphatic rings. The molecule has 4 nitrogen and oxygen atoms in total. The number of nitrogens with zero attached hydrogens (tertiary/aromatic N) is 3. The summed E-state index contributed by atoms with van der Waals surface area (Å²) in [6.45, 7) is 2.92. The summed E-state index contributed by atoms with van der Waals surface area (Å²) in [5.74, 6) is 2.72. The number of nitrogens with one attached hydrogen (secondary N) is 1. The molecule has 0 radical (unpaired) electrons. The van der Waals surface area contributed by atoms with E-state index in [1.807, 2.05) is 16.9 Å². The summed E-state index contributed by atoms with van der Waals surface area (Å²) in [6.07, 6.45) is 11.4. The van der Waals surface area contributed by atoms with E-state index in [0.717, 1.165) is 38.2 Å². The maximum absolute atomic E-state index is 5.36. The number of hydrogen-bond donors (Lipinski definition) is 1. The Morgan fingerprint density at radius 1 is 1.24 bits per heavy atom. The number of anilines is 1. The molecule has 0 spiro atoms. The van der Waals surface area contributed by atoms with Crippen LogP contribution < -0.4 is 5.32 Å². The van der Waals surface area contributed by atoms with Gasteiger partial charge in [-0.25, -0.2) is 4.68 Å². The van der Waals surface area contributed by atoms with Crippen molar-refractivity contribution in [3.05, 3.63) is 42.7 Å². The Morgan fingerprint density at radius 2 is 2.00 bits per heavy atom. The molecular weight excluding hydrogens is 260 g/mol. The quantitative estimate of drug-likeness (QED) is 0.873. The zero-order chi connectivity index (χ0) is 14.5. The lowest BCUT2D eigenvalue weighted by Crippen LogP contribution is -2.39. The summed E-state index contributed by atoms with van der Waals surface area (Å²) in [7, 11) is 0. The normalized spacial score (nSPS) is 16.5. The van der Waals surface area contributed by atoms with Crippen LogP contribution in [-0.2, 0) is 0 Å². The summed E-state index contributed by atoms with van der Waals surface area (Å²) in [4.78, 5) is 2.33. The Balaban J connectivity index is 1.56. The van der Waals surface area contributed by atoms with Crippen LogP contribution in [-0.4, -0.2) is 40.4 Å². The Bertz CT molecular complexity index is 587. The van der Waals surface area contributed by atoms with Gasteiger partial charge in [0, 0.05) is 37.2 Å². The number of rotatable bonds is 4. The van der Waals surface area contributed by atoms with Crippen molar-refractivity contribution in [3.8, 4) is 18.0 Å². The van der Waals surface area contributed by atoms with Gasteiger partial charge in [0.25, 0.3) is 0 Å². The molecule has 0 aliphatic carbocycles. The van der Waals surface area contributed by atoms with Crippen LogP contribution in [0.1, 0.15) is 12.8 Å². The van der Waals surface area contributed by atoms with Crippen LogP contribution in [0.2, 0.25) is 0 Å². The van der Waals surface area contributed by atoms with Crippen molar-refractivity contribution in [2.75, 3.05) is 25.0 Å². The Kier molecular flexibility index (Phi) is 4.23. The fraction of sp³-hybridized carbons (Fsp3) is 0.353. The van der Waals surface area contributed by atoms with E-state index in [9.17, 15) is 0 Å². The largest absolute Gasteiger partial charge is 0.382 e. The standard InChI is InChI=1S/C17H20N4/c1-2-11-20-13-8-16(9-14-20)19-15-4-6-17(7-5-15)21-12-3-10-18-21/h1,3-7,10,12,16,19H,8-9,11,13-14H2. The van der Waals surface area contributed by atoms with Gasteiger partial charge in [0.2, 0.25) is 0 Å². The first kappa shape index (κ1) is 13.7. The van der Waals surface area contributed by atoms with E-state index >= 15 is 0 Å². The van der Waals surface area contributed by atoms with Crippen molar-refractivity contribution in [1.82, 2.24) is 14.7 Å². The van der Waals surface area contributed by atoms with Crippen LogP contribution in [0, 0.1) is 12.3 Å². The molecule has 21 heavy (non-hydrogen) atoms. The van der Waals surface area contributed by atoms with Gasteiger partial charge in [-0.2, -0.15) is 5.10 Å². The van der Waals surface area contributed by atoms with Gasteiger partial charge in [-0.15, -0.1) is 6.42 Å². The minimum absolute atomic E-state index is 0.537. The third-order valence-corrected chi connectivity index (χ3v) is 3.91. The molecule has 1 N–H and O–H groups in total. The molecule has 1 fully saturated rings. The first-order chi connectivity index (χ1) is 10.3. The van der Waals surface area contributed by atoms with Gasteiger partial charge in [-0.1, -0.05) is 5.92 Å². The SMILES string of the molecule is C#CCN1CCC(Nc2ccc(-n3cccn3)cc2)CC1. The van der Waals surface area contributed by atoms with Gasteiger partial charge in [-0.3, -0.25) is 4.90 Å². The monoisotopic (exact) mass is 280 g/mol. The van der Waals surface area contributed by atoms with Gasteiger partial charge >= 0.3 is 0 Å². The Hall–Kier alpha value is -2.25. The van der Waals surface area contributed by atoms with Crippen molar-refractivity contribution < 1.29 is 0 Å². The highest BCUT2D eigenvalue weighted by molar-refractivity contribution is 5.49. The van der Waals surface area contributed by atoms with Crippen molar-refractivity contribution in [2.45, 2.75) is 18.9 Å². The first-order valence-corrected chi connectivity index (χ1v) is 7.37. The van der Waals surface area contributed by atoms with E-state index in [4.69, 9.17) is 6.42 Å². The molecule has 2 aromatic rings. The van der Waals surface area contributed by atoms with E-state index in [2.05, 4.69) is 45.5 Å². The fourth-order valence-electron chi connectivity index (χ4n) is 2.73. The molecule has 0 bridgehead atoms. The van der Waals surface area contributed by atoms with Gasteiger partial charge in [-0.05, 0) is 43.2 Å². The molecule has 0 unspecified atom stereocenters. The van der Waals surface area contributed by atoms with Gasteiger partial charge < -0.3 is 5.32 Å². The highest BCUT2D eigenvalue weighted by Gasteiger charge is 2.18. The Morgan fingerprint density at radius 3 is 2.62 bits per heavy atom. The van der Waals surface area contributed by atoms with Crippen LogP contribution in [0.15, 0.2) is 42.7 Å². The lowest BCUT2D eigenvalue weighted by Gasteiger charge is -2.31. The molecule has 0 saturated carbocycles. The molecule has 108 valence electrons. The van der Waals surface area contributed by atoms with Crippen LogP contribution >= 0.6 is 0 Å². The number of likely N-dealkylation sites (tertiary alicyclic amines) is 1. The van der Waals surface area contributed by atoms with Crippen molar-refractivity contribution in [1.29, 1.82) is 0 Å². The van der Waals surface area contributed by atoms with E-state index in [1.165, 1.54) is 5.69 Å². The van der Waals surface area contributed by atoms with Crippen LogP contribution in [0.4, 0.5) is 5.69 Å². The maximum Gasteiger partial charge on any atom is 0.0647 e. The van der Waals surface area contributed by atoms with Crippen LogP contribution in [0.5, 0.6) is 0 Å². The number of aromatic nitrogens is 2.